The molecule has 0 radical (unpaired) electrons. The fourth-order valence-electron chi connectivity index (χ4n) is 2.59. The number of nitrogens with zero attached hydrogens (tertiary/aromatic N) is 1. The molecule has 112 valence electrons. The van der Waals surface area contributed by atoms with E-state index in [2.05, 4.69) is 22.5 Å². The average Bonchev–Trinajstić information content (AvgIpc) is 3.10. The van der Waals surface area contributed by atoms with E-state index in [4.69, 9.17) is 4.42 Å². The van der Waals surface area contributed by atoms with Gasteiger partial charge in [-0.05, 0) is 45.4 Å². The van der Waals surface area contributed by atoms with Crippen LogP contribution in [0.15, 0.2) is 22.8 Å². The minimum absolute atomic E-state index is 0.0953. The Labute approximate surface area is 127 Å². The van der Waals surface area contributed by atoms with Gasteiger partial charge in [0.05, 0.1) is 6.26 Å². The van der Waals surface area contributed by atoms with Crippen molar-refractivity contribution in [2.24, 2.45) is 0 Å². The zero-order valence-electron chi connectivity index (χ0n) is 12.2. The predicted octanol–water partition coefficient (Wildman–Crippen LogP) is 2.58. The second kappa shape index (κ2) is 5.99. The summed E-state index contributed by atoms with van der Waals surface area (Å²) in [5.74, 6) is 0.608. The summed E-state index contributed by atoms with van der Waals surface area (Å²) in [6.45, 7) is 5.04. The molecular weight excluding hydrogens is 286 g/mol. The summed E-state index contributed by atoms with van der Waals surface area (Å²) in [6.07, 6.45) is 3.71. The number of aryl methyl sites for hydroxylation is 1. The van der Waals surface area contributed by atoms with Crippen LogP contribution >= 0.6 is 11.3 Å². The van der Waals surface area contributed by atoms with E-state index in [1.54, 1.807) is 6.26 Å². The van der Waals surface area contributed by atoms with Crippen molar-refractivity contribution in [1.82, 2.24) is 15.6 Å². The summed E-state index contributed by atoms with van der Waals surface area (Å²) < 4.78 is 5.34. The minimum atomic E-state index is -0.0953. The molecule has 0 aromatic carbocycles. The van der Waals surface area contributed by atoms with Gasteiger partial charge < -0.3 is 15.1 Å². The standard InChI is InChI=1S/C15H19N3O2S/c1-9-11(5-3-7-16-9)17-14(19)13-10(2)21-15(18-13)12-6-4-8-20-12/h4,6,8-9,11,16H,3,5,7H2,1-2H3,(H,17,19). The first-order valence-electron chi connectivity index (χ1n) is 7.20. The van der Waals surface area contributed by atoms with Crippen molar-refractivity contribution in [3.63, 3.8) is 0 Å². The van der Waals surface area contributed by atoms with Crippen LogP contribution in [0.3, 0.4) is 0 Å². The summed E-state index contributed by atoms with van der Waals surface area (Å²) >= 11 is 1.48. The SMILES string of the molecule is Cc1sc(-c2ccco2)nc1C(=O)NC1CCCNC1C. The van der Waals surface area contributed by atoms with Gasteiger partial charge >= 0.3 is 0 Å². The molecule has 0 aliphatic carbocycles. The maximum atomic E-state index is 12.4. The normalized spacial score (nSPS) is 22.2. The maximum Gasteiger partial charge on any atom is 0.271 e. The quantitative estimate of drug-likeness (QED) is 0.914. The second-order valence-electron chi connectivity index (χ2n) is 5.37. The minimum Gasteiger partial charge on any atom is -0.462 e. The van der Waals surface area contributed by atoms with Crippen molar-refractivity contribution in [2.45, 2.75) is 38.8 Å². The molecule has 2 atom stereocenters. The Hall–Kier alpha value is -1.66. The van der Waals surface area contributed by atoms with Crippen LogP contribution in [0.2, 0.25) is 0 Å². The third-order valence-electron chi connectivity index (χ3n) is 3.82. The van der Waals surface area contributed by atoms with E-state index in [9.17, 15) is 4.79 Å². The Morgan fingerprint density at radius 1 is 1.57 bits per heavy atom. The third-order valence-corrected chi connectivity index (χ3v) is 4.81. The molecule has 1 saturated heterocycles. The van der Waals surface area contributed by atoms with E-state index in [0.29, 0.717) is 17.5 Å². The highest BCUT2D eigenvalue weighted by Crippen LogP contribution is 2.28. The van der Waals surface area contributed by atoms with E-state index in [-0.39, 0.29) is 11.9 Å². The van der Waals surface area contributed by atoms with Crippen LogP contribution in [0, 0.1) is 6.92 Å². The van der Waals surface area contributed by atoms with E-state index in [1.807, 2.05) is 19.1 Å². The number of rotatable bonds is 3. The molecule has 21 heavy (non-hydrogen) atoms. The highest BCUT2D eigenvalue weighted by Gasteiger charge is 2.25. The Morgan fingerprint density at radius 3 is 3.14 bits per heavy atom. The largest absolute Gasteiger partial charge is 0.462 e. The van der Waals surface area contributed by atoms with E-state index in [1.165, 1.54) is 11.3 Å². The van der Waals surface area contributed by atoms with Gasteiger partial charge in [0.2, 0.25) is 0 Å². The molecule has 2 aromatic rings. The van der Waals surface area contributed by atoms with Gasteiger partial charge in [-0.3, -0.25) is 4.79 Å². The Balaban J connectivity index is 1.75. The summed E-state index contributed by atoms with van der Waals surface area (Å²) in [4.78, 5) is 17.8. The van der Waals surface area contributed by atoms with Gasteiger partial charge in [-0.1, -0.05) is 0 Å². The zero-order chi connectivity index (χ0) is 14.8. The van der Waals surface area contributed by atoms with Gasteiger partial charge in [0.15, 0.2) is 10.8 Å². The molecule has 2 N–H and O–H groups in total. The number of hydrogen-bond donors (Lipinski definition) is 2. The summed E-state index contributed by atoms with van der Waals surface area (Å²) in [5.41, 5.74) is 0.504. The highest BCUT2D eigenvalue weighted by molar-refractivity contribution is 7.15. The monoisotopic (exact) mass is 305 g/mol. The van der Waals surface area contributed by atoms with Crippen LogP contribution < -0.4 is 10.6 Å². The first kappa shape index (κ1) is 14.3. The zero-order valence-corrected chi connectivity index (χ0v) is 13.0. The summed E-state index contributed by atoms with van der Waals surface area (Å²) in [5, 5.41) is 7.23. The predicted molar refractivity (Wildman–Crippen MR) is 82.5 cm³/mol. The van der Waals surface area contributed by atoms with Crippen molar-refractivity contribution in [2.75, 3.05) is 6.54 Å². The molecule has 1 aliphatic rings. The first-order chi connectivity index (χ1) is 10.1. The molecule has 1 fully saturated rings. The molecule has 1 amide bonds. The lowest BCUT2D eigenvalue weighted by Gasteiger charge is -2.30. The summed E-state index contributed by atoms with van der Waals surface area (Å²) in [7, 11) is 0. The van der Waals surface area contributed by atoms with E-state index in [0.717, 1.165) is 29.3 Å². The highest BCUT2D eigenvalue weighted by atomic mass is 32.1. The van der Waals surface area contributed by atoms with Crippen LogP contribution in [0.5, 0.6) is 0 Å². The second-order valence-corrected chi connectivity index (χ2v) is 6.57. The molecule has 1 aliphatic heterocycles. The molecule has 0 spiro atoms. The molecule has 3 rings (SSSR count). The van der Waals surface area contributed by atoms with Crippen LogP contribution in [-0.4, -0.2) is 29.5 Å². The topological polar surface area (TPSA) is 67.2 Å². The number of hydrogen-bond acceptors (Lipinski definition) is 5. The number of aromatic nitrogens is 1. The fourth-order valence-corrected chi connectivity index (χ4v) is 3.47. The molecule has 5 nitrogen and oxygen atoms in total. The van der Waals surface area contributed by atoms with Gasteiger partial charge in [0.1, 0.15) is 5.69 Å². The van der Waals surface area contributed by atoms with Gasteiger partial charge in [0.25, 0.3) is 5.91 Å². The average molecular weight is 305 g/mol. The molecule has 2 aromatic heterocycles. The lowest BCUT2D eigenvalue weighted by molar-refractivity contribution is 0.0915. The van der Waals surface area contributed by atoms with Crippen LogP contribution in [0.1, 0.15) is 35.1 Å². The van der Waals surface area contributed by atoms with Crippen molar-refractivity contribution >= 4 is 17.2 Å². The lowest BCUT2D eigenvalue weighted by Crippen LogP contribution is -2.52. The van der Waals surface area contributed by atoms with Crippen LogP contribution in [0.25, 0.3) is 10.8 Å². The van der Waals surface area contributed by atoms with Gasteiger partial charge in [-0.25, -0.2) is 4.98 Å². The van der Waals surface area contributed by atoms with Gasteiger partial charge in [-0.2, -0.15) is 0 Å². The maximum absolute atomic E-state index is 12.4. The number of thiazole rings is 1. The van der Waals surface area contributed by atoms with Gasteiger partial charge in [0, 0.05) is 17.0 Å². The van der Waals surface area contributed by atoms with Crippen molar-refractivity contribution in [1.29, 1.82) is 0 Å². The number of carbonyl (C=O) groups is 1. The van der Waals surface area contributed by atoms with Crippen molar-refractivity contribution in [3.05, 3.63) is 29.0 Å². The number of nitrogens with one attached hydrogen (secondary N) is 2. The van der Waals surface area contributed by atoms with Crippen molar-refractivity contribution < 1.29 is 9.21 Å². The molecule has 0 saturated carbocycles. The van der Waals surface area contributed by atoms with Crippen molar-refractivity contribution in [3.8, 4) is 10.8 Å². The first-order valence-corrected chi connectivity index (χ1v) is 8.02. The van der Waals surface area contributed by atoms with Gasteiger partial charge in [-0.15, -0.1) is 11.3 Å². The van der Waals surface area contributed by atoms with Crippen LogP contribution in [-0.2, 0) is 0 Å². The number of furan rings is 1. The molecular formula is C15H19N3O2S. The molecule has 0 bridgehead atoms. The molecule has 2 unspecified atom stereocenters. The Morgan fingerprint density at radius 2 is 2.43 bits per heavy atom. The fraction of sp³-hybridized carbons (Fsp3) is 0.467. The van der Waals surface area contributed by atoms with Crippen LogP contribution in [0.4, 0.5) is 0 Å². The third kappa shape index (κ3) is 3.01. The number of piperidine rings is 1. The summed E-state index contributed by atoms with van der Waals surface area (Å²) in [6, 6.07) is 4.14. The number of amides is 1. The van der Waals surface area contributed by atoms with E-state index >= 15 is 0 Å². The molecule has 6 heteroatoms. The Kier molecular flexibility index (Phi) is 4.07. The lowest BCUT2D eigenvalue weighted by atomic mass is 10.00. The Bertz CT molecular complexity index is 621. The smallest absolute Gasteiger partial charge is 0.271 e. The molecule has 3 heterocycles. The number of carbonyl (C=O) groups excluding carboxylic acids is 1. The van der Waals surface area contributed by atoms with E-state index < -0.39 is 0 Å².